The highest BCUT2D eigenvalue weighted by molar-refractivity contribution is 5.19. The molecule has 84 valence electrons. The molecule has 0 spiro atoms. The van der Waals surface area contributed by atoms with E-state index in [1.54, 1.807) is 12.1 Å². The minimum atomic E-state index is -0.163. The Bertz CT molecular complexity index is 298. The van der Waals surface area contributed by atoms with E-state index in [-0.39, 0.29) is 11.9 Å². The molecule has 0 aromatic heterocycles. The highest BCUT2D eigenvalue weighted by atomic mass is 19.1. The van der Waals surface area contributed by atoms with E-state index in [9.17, 15) is 4.39 Å². The third-order valence-electron chi connectivity index (χ3n) is 2.60. The second kappa shape index (κ2) is 5.86. The highest BCUT2D eigenvalue weighted by Crippen LogP contribution is 2.14. The molecule has 15 heavy (non-hydrogen) atoms. The van der Waals surface area contributed by atoms with E-state index in [4.69, 9.17) is 0 Å². The molecule has 1 N–H and O–H groups in total. The average Bonchev–Trinajstić information content (AvgIpc) is 2.18. The van der Waals surface area contributed by atoms with Gasteiger partial charge in [0.25, 0.3) is 0 Å². The molecule has 0 aliphatic carbocycles. The van der Waals surface area contributed by atoms with Crippen LogP contribution < -0.4 is 5.32 Å². The van der Waals surface area contributed by atoms with Crippen molar-refractivity contribution >= 4 is 0 Å². The second-order valence-corrected chi connectivity index (χ2v) is 4.13. The SMILES string of the molecule is CCCC(C)N[C@H](C)c1cccc(F)c1. The summed E-state index contributed by atoms with van der Waals surface area (Å²) in [6.45, 7) is 6.41. The van der Waals surface area contributed by atoms with Gasteiger partial charge in [-0.1, -0.05) is 25.5 Å². The summed E-state index contributed by atoms with van der Waals surface area (Å²) in [5.41, 5.74) is 1.01. The van der Waals surface area contributed by atoms with Crippen LogP contribution >= 0.6 is 0 Å². The first-order valence-electron chi connectivity index (χ1n) is 5.65. The van der Waals surface area contributed by atoms with Gasteiger partial charge in [-0.05, 0) is 38.0 Å². The molecule has 1 aromatic carbocycles. The summed E-state index contributed by atoms with van der Waals surface area (Å²) in [6, 6.07) is 7.48. The molecule has 0 heterocycles. The summed E-state index contributed by atoms with van der Waals surface area (Å²) >= 11 is 0. The minimum Gasteiger partial charge on any atom is -0.308 e. The zero-order chi connectivity index (χ0) is 11.3. The van der Waals surface area contributed by atoms with Crippen molar-refractivity contribution in [2.75, 3.05) is 0 Å². The van der Waals surface area contributed by atoms with Crippen molar-refractivity contribution in [1.82, 2.24) is 5.32 Å². The van der Waals surface area contributed by atoms with Crippen molar-refractivity contribution in [3.63, 3.8) is 0 Å². The molecule has 2 heteroatoms. The van der Waals surface area contributed by atoms with Crippen LogP contribution in [0.25, 0.3) is 0 Å². The predicted molar refractivity (Wildman–Crippen MR) is 62.3 cm³/mol. The van der Waals surface area contributed by atoms with Crippen LogP contribution in [-0.2, 0) is 0 Å². The fourth-order valence-electron chi connectivity index (χ4n) is 1.82. The van der Waals surface area contributed by atoms with Crippen molar-refractivity contribution in [2.24, 2.45) is 0 Å². The standard InChI is InChI=1S/C13H20FN/c1-4-6-10(2)15-11(3)12-7-5-8-13(14)9-12/h5,7-11,15H,4,6H2,1-3H3/t10?,11-/m1/s1. The zero-order valence-electron chi connectivity index (χ0n) is 9.76. The largest absolute Gasteiger partial charge is 0.308 e. The maximum atomic E-state index is 13.0. The van der Waals surface area contributed by atoms with Crippen LogP contribution in [0.5, 0.6) is 0 Å². The molecule has 1 nitrogen and oxygen atoms in total. The molecule has 0 amide bonds. The molecule has 0 radical (unpaired) electrons. The van der Waals surface area contributed by atoms with Crippen molar-refractivity contribution in [2.45, 2.75) is 45.7 Å². The summed E-state index contributed by atoms with van der Waals surface area (Å²) < 4.78 is 13.0. The Labute approximate surface area is 91.7 Å². The summed E-state index contributed by atoms with van der Waals surface area (Å²) in [4.78, 5) is 0. The predicted octanol–water partition coefficient (Wildman–Crippen LogP) is 3.66. The van der Waals surface area contributed by atoms with Crippen LogP contribution in [0.1, 0.15) is 45.2 Å². The quantitative estimate of drug-likeness (QED) is 0.780. The third-order valence-corrected chi connectivity index (χ3v) is 2.60. The van der Waals surface area contributed by atoms with Crippen LogP contribution in [0, 0.1) is 5.82 Å². The fourth-order valence-corrected chi connectivity index (χ4v) is 1.82. The van der Waals surface area contributed by atoms with Gasteiger partial charge in [-0.25, -0.2) is 4.39 Å². The number of benzene rings is 1. The number of halogens is 1. The van der Waals surface area contributed by atoms with Gasteiger partial charge in [0.05, 0.1) is 0 Å². The first-order chi connectivity index (χ1) is 7.13. The van der Waals surface area contributed by atoms with E-state index in [1.807, 2.05) is 6.07 Å². The van der Waals surface area contributed by atoms with Crippen LogP contribution in [0.4, 0.5) is 4.39 Å². The van der Waals surface area contributed by atoms with Crippen molar-refractivity contribution in [1.29, 1.82) is 0 Å². The molecule has 0 saturated carbocycles. The van der Waals surface area contributed by atoms with E-state index < -0.39 is 0 Å². The van der Waals surface area contributed by atoms with Gasteiger partial charge in [-0.2, -0.15) is 0 Å². The summed E-state index contributed by atoms with van der Waals surface area (Å²) in [7, 11) is 0. The molecule has 0 aliphatic rings. The molecule has 0 aliphatic heterocycles. The average molecular weight is 209 g/mol. The first-order valence-corrected chi connectivity index (χ1v) is 5.65. The van der Waals surface area contributed by atoms with Gasteiger partial charge in [0.15, 0.2) is 0 Å². The molecule has 2 atom stereocenters. The molecule has 1 rings (SSSR count). The van der Waals surface area contributed by atoms with Crippen molar-refractivity contribution < 1.29 is 4.39 Å². The van der Waals surface area contributed by atoms with Crippen LogP contribution in [0.15, 0.2) is 24.3 Å². The molecule has 1 unspecified atom stereocenters. The number of rotatable bonds is 5. The number of hydrogen-bond donors (Lipinski definition) is 1. The Morgan fingerprint density at radius 1 is 1.33 bits per heavy atom. The molecule has 1 aromatic rings. The van der Waals surface area contributed by atoms with Gasteiger partial charge >= 0.3 is 0 Å². The summed E-state index contributed by atoms with van der Waals surface area (Å²) in [5, 5.41) is 3.46. The summed E-state index contributed by atoms with van der Waals surface area (Å²) in [5.74, 6) is -0.163. The van der Waals surface area contributed by atoms with Crippen LogP contribution in [0.3, 0.4) is 0 Å². The lowest BCUT2D eigenvalue weighted by molar-refractivity contribution is 0.451. The Kier molecular flexibility index (Phi) is 4.76. The number of nitrogens with one attached hydrogen (secondary N) is 1. The van der Waals surface area contributed by atoms with Gasteiger partial charge < -0.3 is 5.32 Å². The van der Waals surface area contributed by atoms with Gasteiger partial charge in [-0.3, -0.25) is 0 Å². The lowest BCUT2D eigenvalue weighted by Crippen LogP contribution is -2.28. The summed E-state index contributed by atoms with van der Waals surface area (Å²) in [6.07, 6.45) is 2.32. The fraction of sp³-hybridized carbons (Fsp3) is 0.538. The maximum Gasteiger partial charge on any atom is 0.123 e. The molecule has 0 saturated heterocycles. The minimum absolute atomic E-state index is 0.163. The maximum absolute atomic E-state index is 13.0. The molecule has 0 fully saturated rings. The molecular formula is C13H20FN. The van der Waals surface area contributed by atoms with Crippen molar-refractivity contribution in [3.05, 3.63) is 35.6 Å². The lowest BCUT2D eigenvalue weighted by Gasteiger charge is -2.19. The van der Waals surface area contributed by atoms with E-state index in [2.05, 4.69) is 26.1 Å². The topological polar surface area (TPSA) is 12.0 Å². The Balaban J connectivity index is 2.56. The lowest BCUT2D eigenvalue weighted by atomic mass is 10.1. The van der Waals surface area contributed by atoms with Gasteiger partial charge in [-0.15, -0.1) is 0 Å². The molecular weight excluding hydrogens is 189 g/mol. The van der Waals surface area contributed by atoms with E-state index in [0.29, 0.717) is 6.04 Å². The Morgan fingerprint density at radius 2 is 2.07 bits per heavy atom. The monoisotopic (exact) mass is 209 g/mol. The van der Waals surface area contributed by atoms with E-state index in [1.165, 1.54) is 12.5 Å². The van der Waals surface area contributed by atoms with Gasteiger partial charge in [0.2, 0.25) is 0 Å². The smallest absolute Gasteiger partial charge is 0.123 e. The van der Waals surface area contributed by atoms with E-state index in [0.717, 1.165) is 12.0 Å². The Hall–Kier alpha value is -0.890. The molecule has 0 bridgehead atoms. The van der Waals surface area contributed by atoms with E-state index >= 15 is 0 Å². The van der Waals surface area contributed by atoms with Gasteiger partial charge in [0, 0.05) is 12.1 Å². The second-order valence-electron chi connectivity index (χ2n) is 4.13. The number of hydrogen-bond acceptors (Lipinski definition) is 1. The highest BCUT2D eigenvalue weighted by Gasteiger charge is 2.08. The first kappa shape index (κ1) is 12.2. The zero-order valence-corrected chi connectivity index (χ0v) is 9.76. The Morgan fingerprint density at radius 3 is 2.67 bits per heavy atom. The van der Waals surface area contributed by atoms with Crippen molar-refractivity contribution in [3.8, 4) is 0 Å². The van der Waals surface area contributed by atoms with Crippen LogP contribution in [-0.4, -0.2) is 6.04 Å². The van der Waals surface area contributed by atoms with Gasteiger partial charge in [0.1, 0.15) is 5.82 Å². The normalized spacial score (nSPS) is 14.9. The third kappa shape index (κ3) is 4.00. The van der Waals surface area contributed by atoms with Crippen LogP contribution in [0.2, 0.25) is 0 Å².